The summed E-state index contributed by atoms with van der Waals surface area (Å²) in [7, 11) is 3.15. The highest BCUT2D eigenvalue weighted by Gasteiger charge is 2.14. The molecule has 0 radical (unpaired) electrons. The highest BCUT2D eigenvalue weighted by atomic mass is 35.5. The first-order valence-electron chi connectivity index (χ1n) is 5.09. The maximum Gasteiger partial charge on any atom is 0.277 e. The number of amides is 1. The Labute approximate surface area is 118 Å². The van der Waals surface area contributed by atoms with Crippen molar-refractivity contribution in [2.75, 3.05) is 12.4 Å². The summed E-state index contributed by atoms with van der Waals surface area (Å²) in [5, 5.41) is 6.59. The van der Waals surface area contributed by atoms with Crippen molar-refractivity contribution in [1.82, 2.24) is 19.7 Å². The van der Waals surface area contributed by atoms with Crippen molar-refractivity contribution in [2.45, 2.75) is 0 Å². The predicted octanol–water partition coefficient (Wildman–Crippen LogP) is 1.78. The van der Waals surface area contributed by atoms with Crippen LogP contribution in [0.4, 0.5) is 5.82 Å². The molecule has 1 N–H and O–H groups in total. The number of rotatable bonds is 3. The standard InChI is InChI=1S/C10H9Cl2N5O2/c1-17-8(19-2)3-5(16-17)9(18)14-7-4-6(11)13-10(12)15-7/h3-4H,1-2H3,(H,13,14,15,18). The minimum Gasteiger partial charge on any atom is -0.481 e. The Morgan fingerprint density at radius 3 is 2.68 bits per heavy atom. The number of methoxy groups -OCH3 is 1. The van der Waals surface area contributed by atoms with Gasteiger partial charge in [-0.25, -0.2) is 14.6 Å². The summed E-state index contributed by atoms with van der Waals surface area (Å²) in [6.45, 7) is 0. The van der Waals surface area contributed by atoms with Crippen LogP contribution in [0.15, 0.2) is 12.1 Å². The molecule has 2 aromatic rings. The lowest BCUT2D eigenvalue weighted by molar-refractivity contribution is 0.102. The summed E-state index contributed by atoms with van der Waals surface area (Å²) in [4.78, 5) is 19.4. The van der Waals surface area contributed by atoms with Crippen LogP contribution in [-0.2, 0) is 7.05 Å². The van der Waals surface area contributed by atoms with E-state index in [1.807, 2.05) is 0 Å². The van der Waals surface area contributed by atoms with Crippen LogP contribution in [0.3, 0.4) is 0 Å². The fraction of sp³-hybridized carbons (Fsp3) is 0.200. The van der Waals surface area contributed by atoms with Gasteiger partial charge in [-0.3, -0.25) is 4.79 Å². The van der Waals surface area contributed by atoms with Crippen LogP contribution in [0.5, 0.6) is 5.88 Å². The van der Waals surface area contributed by atoms with Gasteiger partial charge in [0.2, 0.25) is 11.2 Å². The molecule has 9 heteroatoms. The molecule has 0 aliphatic heterocycles. The zero-order valence-electron chi connectivity index (χ0n) is 10.0. The zero-order chi connectivity index (χ0) is 14.0. The molecule has 19 heavy (non-hydrogen) atoms. The van der Waals surface area contributed by atoms with E-state index in [0.717, 1.165) is 0 Å². The molecule has 0 atom stereocenters. The lowest BCUT2D eigenvalue weighted by Crippen LogP contribution is -2.14. The number of hydrogen-bond acceptors (Lipinski definition) is 5. The van der Waals surface area contributed by atoms with E-state index in [2.05, 4.69) is 20.4 Å². The maximum atomic E-state index is 11.9. The van der Waals surface area contributed by atoms with Crippen LogP contribution in [0, 0.1) is 0 Å². The third kappa shape index (κ3) is 3.12. The highest BCUT2D eigenvalue weighted by Crippen LogP contribution is 2.16. The number of nitrogens with zero attached hydrogens (tertiary/aromatic N) is 4. The predicted molar refractivity (Wildman–Crippen MR) is 69.8 cm³/mol. The number of carbonyl (C=O) groups is 1. The van der Waals surface area contributed by atoms with Crippen molar-refractivity contribution >= 4 is 34.9 Å². The summed E-state index contributed by atoms with van der Waals surface area (Å²) in [6, 6.07) is 2.88. The zero-order valence-corrected chi connectivity index (χ0v) is 11.5. The second kappa shape index (κ2) is 5.41. The van der Waals surface area contributed by atoms with Gasteiger partial charge in [-0.15, -0.1) is 0 Å². The Morgan fingerprint density at radius 2 is 2.11 bits per heavy atom. The van der Waals surface area contributed by atoms with Gasteiger partial charge < -0.3 is 10.1 Å². The molecule has 0 aromatic carbocycles. The first-order chi connectivity index (χ1) is 8.99. The monoisotopic (exact) mass is 301 g/mol. The molecule has 0 bridgehead atoms. The summed E-state index contributed by atoms with van der Waals surface area (Å²) >= 11 is 11.3. The Hall–Kier alpha value is -1.86. The van der Waals surface area contributed by atoms with E-state index in [4.69, 9.17) is 27.9 Å². The van der Waals surface area contributed by atoms with Crippen molar-refractivity contribution < 1.29 is 9.53 Å². The molecule has 0 saturated heterocycles. The molecule has 0 aliphatic carbocycles. The van der Waals surface area contributed by atoms with Crippen LogP contribution in [0.2, 0.25) is 10.4 Å². The number of anilines is 1. The normalized spacial score (nSPS) is 10.3. The number of nitrogens with one attached hydrogen (secondary N) is 1. The van der Waals surface area contributed by atoms with Crippen LogP contribution in [0.25, 0.3) is 0 Å². The topological polar surface area (TPSA) is 81.9 Å². The molecule has 7 nitrogen and oxygen atoms in total. The molecule has 2 heterocycles. The molecule has 0 fully saturated rings. The number of aryl methyl sites for hydroxylation is 1. The summed E-state index contributed by atoms with van der Waals surface area (Å²) in [5.41, 5.74) is 0.185. The summed E-state index contributed by atoms with van der Waals surface area (Å²) in [6.07, 6.45) is 0. The van der Waals surface area contributed by atoms with E-state index < -0.39 is 5.91 Å². The SMILES string of the molecule is COc1cc(C(=O)Nc2cc(Cl)nc(Cl)n2)nn1C. The number of ether oxygens (including phenoxy) is 1. The first kappa shape index (κ1) is 13.6. The fourth-order valence-electron chi connectivity index (χ4n) is 1.39. The van der Waals surface area contributed by atoms with E-state index in [1.54, 1.807) is 7.05 Å². The molecule has 0 spiro atoms. The average molecular weight is 302 g/mol. The Bertz CT molecular complexity index is 608. The maximum absolute atomic E-state index is 11.9. The molecule has 1 amide bonds. The second-order valence-corrected chi connectivity index (χ2v) is 4.22. The molecule has 0 aliphatic rings. The van der Waals surface area contributed by atoms with E-state index >= 15 is 0 Å². The van der Waals surface area contributed by atoms with E-state index in [9.17, 15) is 4.79 Å². The van der Waals surface area contributed by atoms with Crippen LogP contribution >= 0.6 is 23.2 Å². The van der Waals surface area contributed by atoms with Gasteiger partial charge in [-0.2, -0.15) is 5.10 Å². The van der Waals surface area contributed by atoms with Gasteiger partial charge in [0, 0.05) is 19.2 Å². The van der Waals surface area contributed by atoms with Crippen molar-refractivity contribution in [3.05, 3.63) is 28.3 Å². The first-order valence-corrected chi connectivity index (χ1v) is 5.84. The summed E-state index contributed by atoms with van der Waals surface area (Å²) in [5.74, 6) is 0.202. The molecular weight excluding hydrogens is 293 g/mol. The Balaban J connectivity index is 2.20. The van der Waals surface area contributed by atoms with Crippen molar-refractivity contribution in [1.29, 1.82) is 0 Å². The largest absolute Gasteiger partial charge is 0.481 e. The van der Waals surface area contributed by atoms with Crippen molar-refractivity contribution in [2.24, 2.45) is 7.05 Å². The van der Waals surface area contributed by atoms with Gasteiger partial charge in [0.25, 0.3) is 5.91 Å². The lowest BCUT2D eigenvalue weighted by atomic mass is 10.4. The molecule has 2 aromatic heterocycles. The van der Waals surface area contributed by atoms with Crippen LogP contribution in [0.1, 0.15) is 10.5 Å². The van der Waals surface area contributed by atoms with Gasteiger partial charge in [0.1, 0.15) is 11.0 Å². The minimum absolute atomic E-state index is 0.0543. The highest BCUT2D eigenvalue weighted by molar-refractivity contribution is 6.32. The summed E-state index contributed by atoms with van der Waals surface area (Å²) < 4.78 is 6.46. The van der Waals surface area contributed by atoms with E-state index in [0.29, 0.717) is 5.88 Å². The second-order valence-electron chi connectivity index (χ2n) is 3.49. The van der Waals surface area contributed by atoms with Gasteiger partial charge in [0.15, 0.2) is 5.69 Å². The minimum atomic E-state index is -0.454. The van der Waals surface area contributed by atoms with Crippen molar-refractivity contribution in [3.8, 4) is 5.88 Å². The van der Waals surface area contributed by atoms with Crippen LogP contribution < -0.4 is 10.1 Å². The van der Waals surface area contributed by atoms with E-state index in [-0.39, 0.29) is 21.9 Å². The molecule has 0 unspecified atom stereocenters. The number of halogens is 2. The van der Waals surface area contributed by atoms with Crippen molar-refractivity contribution in [3.63, 3.8) is 0 Å². The van der Waals surface area contributed by atoms with Gasteiger partial charge in [-0.1, -0.05) is 11.6 Å². The van der Waals surface area contributed by atoms with Crippen LogP contribution in [-0.4, -0.2) is 32.8 Å². The Kier molecular flexibility index (Phi) is 3.87. The quantitative estimate of drug-likeness (QED) is 0.690. The third-order valence-corrected chi connectivity index (χ3v) is 2.55. The molecule has 100 valence electrons. The number of carbonyl (C=O) groups excluding carboxylic acids is 1. The lowest BCUT2D eigenvalue weighted by Gasteiger charge is -2.02. The Morgan fingerprint density at radius 1 is 1.37 bits per heavy atom. The number of hydrogen-bond donors (Lipinski definition) is 1. The molecule has 0 saturated carbocycles. The van der Waals surface area contributed by atoms with Gasteiger partial charge >= 0.3 is 0 Å². The average Bonchev–Trinajstić information content (AvgIpc) is 2.69. The van der Waals surface area contributed by atoms with Gasteiger partial charge in [0.05, 0.1) is 7.11 Å². The van der Waals surface area contributed by atoms with E-state index in [1.165, 1.54) is 23.9 Å². The fourth-order valence-corrected chi connectivity index (χ4v) is 1.80. The molecular formula is C10H9Cl2N5O2. The smallest absolute Gasteiger partial charge is 0.277 e. The number of aromatic nitrogens is 4. The third-order valence-electron chi connectivity index (χ3n) is 2.19. The molecule has 2 rings (SSSR count). The van der Waals surface area contributed by atoms with Gasteiger partial charge in [-0.05, 0) is 11.6 Å².